The Balaban J connectivity index is 2.12. The number of nitrogens with one attached hydrogen (secondary N) is 1. The minimum Gasteiger partial charge on any atom is -0.349 e. The van der Waals surface area contributed by atoms with Crippen LogP contribution in [-0.4, -0.2) is 66.1 Å². The molecule has 0 radical (unpaired) electrons. The van der Waals surface area contributed by atoms with Gasteiger partial charge in [0, 0.05) is 38.9 Å². The summed E-state index contributed by atoms with van der Waals surface area (Å²) in [6.07, 6.45) is 0.628. The molecule has 23 heavy (non-hydrogen) atoms. The van der Waals surface area contributed by atoms with Crippen molar-refractivity contribution in [2.75, 3.05) is 40.8 Å². The highest BCUT2D eigenvalue weighted by atomic mass is 31.1. The number of H-pyrrole nitrogens is 1. The summed E-state index contributed by atoms with van der Waals surface area (Å²) in [5, 5.41) is 0. The van der Waals surface area contributed by atoms with Gasteiger partial charge < -0.3 is 4.74 Å². The summed E-state index contributed by atoms with van der Waals surface area (Å²) in [6.45, 7) is 2.89. The van der Waals surface area contributed by atoms with Crippen molar-refractivity contribution in [3.63, 3.8) is 0 Å². The largest absolute Gasteiger partial charge is 0.615 e. The van der Waals surface area contributed by atoms with Crippen LogP contribution in [0.15, 0.2) is 15.8 Å². The van der Waals surface area contributed by atoms with Crippen LogP contribution >= 0.6 is 8.18 Å². The smallest absolute Gasteiger partial charge is 0.349 e. The lowest BCUT2D eigenvalue weighted by molar-refractivity contribution is -0.127. The molecule has 1 saturated heterocycles. The van der Waals surface area contributed by atoms with E-state index in [1.807, 2.05) is 11.9 Å². The molecular formula is C13H22N4O5P+. The predicted molar refractivity (Wildman–Crippen MR) is 84.7 cm³/mol. The number of aromatic amines is 1. The topological polar surface area (TPSA) is 96.9 Å². The van der Waals surface area contributed by atoms with E-state index >= 15 is 0 Å². The van der Waals surface area contributed by atoms with Gasteiger partial charge in [0.05, 0.1) is 0 Å². The molecule has 0 amide bonds. The first-order chi connectivity index (χ1) is 10.8. The number of ether oxygens (including phenoxy) is 1. The Morgan fingerprint density at radius 2 is 2.13 bits per heavy atom. The number of aromatic nitrogens is 2. The number of morpholine rings is 1. The quantitative estimate of drug-likeness (QED) is 0.745. The fraction of sp³-hybridized carbons (Fsp3) is 0.692. The van der Waals surface area contributed by atoms with Crippen LogP contribution in [0.3, 0.4) is 0 Å². The molecule has 0 aliphatic carbocycles. The molecule has 2 rings (SSSR count). The number of likely N-dealkylation sites (N-methyl/N-ethyl adjacent to an activating group) is 1. The van der Waals surface area contributed by atoms with E-state index in [1.165, 1.54) is 15.4 Å². The molecule has 0 saturated carbocycles. The van der Waals surface area contributed by atoms with Gasteiger partial charge in [0.25, 0.3) is 5.56 Å². The third kappa shape index (κ3) is 4.55. The average molecular weight is 345 g/mol. The van der Waals surface area contributed by atoms with Crippen molar-refractivity contribution in [3.8, 4) is 0 Å². The Kier molecular flexibility index (Phi) is 5.83. The third-order valence-corrected chi connectivity index (χ3v) is 4.51. The molecule has 1 aliphatic rings. The van der Waals surface area contributed by atoms with Gasteiger partial charge in [-0.3, -0.25) is 19.2 Å². The minimum absolute atomic E-state index is 0.158. The SMILES string of the molecule is Cc1cn([C@H]2CN(C)C[C@@H](CO[P+](=O)N(C)C)O2)c(=O)[nH]c1=O. The van der Waals surface area contributed by atoms with Gasteiger partial charge in [0.15, 0.2) is 6.23 Å². The van der Waals surface area contributed by atoms with E-state index in [9.17, 15) is 14.2 Å². The number of aryl methyl sites for hydroxylation is 1. The summed E-state index contributed by atoms with van der Waals surface area (Å²) in [5.74, 6) is 0. The monoisotopic (exact) mass is 345 g/mol. The van der Waals surface area contributed by atoms with Crippen LogP contribution in [0.25, 0.3) is 0 Å². The van der Waals surface area contributed by atoms with Crippen molar-refractivity contribution in [2.24, 2.45) is 0 Å². The highest BCUT2D eigenvalue weighted by molar-refractivity contribution is 7.36. The van der Waals surface area contributed by atoms with Gasteiger partial charge in [-0.15, -0.1) is 4.52 Å². The molecule has 2 heterocycles. The number of hydrogen-bond acceptors (Lipinski definition) is 6. The molecule has 1 N–H and O–H groups in total. The number of nitrogens with zero attached hydrogens (tertiary/aromatic N) is 3. The van der Waals surface area contributed by atoms with E-state index in [0.717, 1.165) is 0 Å². The molecule has 128 valence electrons. The molecule has 1 fully saturated rings. The van der Waals surface area contributed by atoms with E-state index in [-0.39, 0.29) is 12.7 Å². The molecule has 3 atom stereocenters. The van der Waals surface area contributed by atoms with E-state index in [0.29, 0.717) is 18.7 Å². The summed E-state index contributed by atoms with van der Waals surface area (Å²) >= 11 is 0. The fourth-order valence-corrected chi connectivity index (χ4v) is 2.83. The second-order valence-electron chi connectivity index (χ2n) is 5.79. The summed E-state index contributed by atoms with van der Waals surface area (Å²) in [5.41, 5.74) is -0.483. The van der Waals surface area contributed by atoms with Crippen LogP contribution in [0, 0.1) is 6.92 Å². The summed E-state index contributed by atoms with van der Waals surface area (Å²) < 4.78 is 25.7. The first-order valence-corrected chi connectivity index (χ1v) is 8.34. The highest BCUT2D eigenvalue weighted by Crippen LogP contribution is 2.26. The van der Waals surface area contributed by atoms with Crippen molar-refractivity contribution in [3.05, 3.63) is 32.6 Å². The van der Waals surface area contributed by atoms with Crippen molar-refractivity contribution < 1.29 is 13.8 Å². The van der Waals surface area contributed by atoms with E-state index in [1.54, 1.807) is 21.0 Å². The first-order valence-electron chi connectivity index (χ1n) is 7.21. The van der Waals surface area contributed by atoms with Crippen molar-refractivity contribution in [1.82, 2.24) is 19.1 Å². The van der Waals surface area contributed by atoms with Crippen LogP contribution in [0.4, 0.5) is 0 Å². The molecule has 1 aromatic rings. The second-order valence-corrected chi connectivity index (χ2v) is 7.33. The summed E-state index contributed by atoms with van der Waals surface area (Å²) in [7, 11) is 3.34. The predicted octanol–water partition coefficient (Wildman–Crippen LogP) is -0.0902. The van der Waals surface area contributed by atoms with Crippen LogP contribution < -0.4 is 11.2 Å². The molecule has 1 aliphatic heterocycles. The van der Waals surface area contributed by atoms with E-state index < -0.39 is 25.7 Å². The Morgan fingerprint density at radius 3 is 2.78 bits per heavy atom. The zero-order valence-corrected chi connectivity index (χ0v) is 14.6. The van der Waals surface area contributed by atoms with Crippen LogP contribution in [0.5, 0.6) is 0 Å². The Labute approximate surface area is 134 Å². The molecule has 1 unspecified atom stereocenters. The standard InChI is InChI=1S/C13H21N4O5P/c1-9-5-17(13(19)14-12(9)18)11-7-16(4)6-10(22-11)8-21-23(20)15(2)3/h5,10-11H,6-8H2,1-4H3/p+1/t10-,11+/m0/s1. The number of hydrogen-bond donors (Lipinski definition) is 1. The lowest BCUT2D eigenvalue weighted by Gasteiger charge is -2.35. The van der Waals surface area contributed by atoms with Gasteiger partial charge in [-0.1, -0.05) is 4.67 Å². The first kappa shape index (κ1) is 18.0. The van der Waals surface area contributed by atoms with Crippen molar-refractivity contribution in [1.29, 1.82) is 0 Å². The van der Waals surface area contributed by atoms with Crippen LogP contribution in [-0.2, 0) is 13.8 Å². The molecule has 0 spiro atoms. The van der Waals surface area contributed by atoms with Gasteiger partial charge in [0.1, 0.15) is 12.7 Å². The normalized spacial score (nSPS) is 23.3. The van der Waals surface area contributed by atoms with Gasteiger partial charge in [-0.25, -0.2) is 4.79 Å². The molecule has 1 aromatic heterocycles. The van der Waals surface area contributed by atoms with Gasteiger partial charge in [-0.05, 0) is 18.5 Å². The van der Waals surface area contributed by atoms with Crippen molar-refractivity contribution >= 4 is 8.18 Å². The van der Waals surface area contributed by atoms with E-state index in [2.05, 4.69) is 4.98 Å². The van der Waals surface area contributed by atoms with Gasteiger partial charge >= 0.3 is 13.9 Å². The molecule has 0 aromatic carbocycles. The van der Waals surface area contributed by atoms with Gasteiger partial charge in [-0.2, -0.15) is 0 Å². The number of rotatable bonds is 5. The Morgan fingerprint density at radius 1 is 1.43 bits per heavy atom. The summed E-state index contributed by atoms with van der Waals surface area (Å²) in [6, 6.07) is 0. The molecule has 10 heteroatoms. The van der Waals surface area contributed by atoms with Crippen molar-refractivity contribution in [2.45, 2.75) is 19.3 Å². The zero-order valence-electron chi connectivity index (χ0n) is 13.7. The molecule has 0 bridgehead atoms. The maximum absolute atomic E-state index is 12.0. The Hall–Kier alpha value is -1.38. The molecule has 9 nitrogen and oxygen atoms in total. The maximum atomic E-state index is 12.0. The summed E-state index contributed by atoms with van der Waals surface area (Å²) in [4.78, 5) is 27.7. The fourth-order valence-electron chi connectivity index (χ4n) is 2.30. The van der Waals surface area contributed by atoms with Crippen LogP contribution in [0.1, 0.15) is 11.8 Å². The third-order valence-electron chi connectivity index (χ3n) is 3.49. The Bertz CT molecular complexity index is 686. The average Bonchev–Trinajstić information content (AvgIpc) is 2.47. The maximum Gasteiger partial charge on any atom is 0.615 e. The molecular weight excluding hydrogens is 323 g/mol. The zero-order chi connectivity index (χ0) is 17.1. The van der Waals surface area contributed by atoms with Gasteiger partial charge in [0.2, 0.25) is 0 Å². The lowest BCUT2D eigenvalue weighted by Crippen LogP contribution is -2.48. The van der Waals surface area contributed by atoms with Crippen LogP contribution in [0.2, 0.25) is 0 Å². The second kappa shape index (κ2) is 7.46. The highest BCUT2D eigenvalue weighted by Gasteiger charge is 2.31. The lowest BCUT2D eigenvalue weighted by atomic mass is 10.2. The van der Waals surface area contributed by atoms with E-state index in [4.69, 9.17) is 9.26 Å². The minimum atomic E-state index is -1.89.